The van der Waals surface area contributed by atoms with Crippen LogP contribution in [0.2, 0.25) is 0 Å². The first-order valence-electron chi connectivity index (χ1n) is 6.21. The first-order chi connectivity index (χ1) is 9.60. The summed E-state index contributed by atoms with van der Waals surface area (Å²) >= 11 is 0. The van der Waals surface area contributed by atoms with Crippen LogP contribution in [0.15, 0.2) is 29.4 Å². The van der Waals surface area contributed by atoms with Crippen molar-refractivity contribution in [2.75, 3.05) is 7.05 Å². The topological polar surface area (TPSA) is 85.6 Å². The van der Waals surface area contributed by atoms with Crippen LogP contribution in [0.4, 0.5) is 0 Å². The Balaban J connectivity index is 1.97. The number of hydrazone groups is 1. The molecule has 1 aromatic carbocycles. The average Bonchev–Trinajstić information content (AvgIpc) is 2.47. The average molecular weight is 270 g/mol. The van der Waals surface area contributed by atoms with Crippen molar-refractivity contribution in [2.45, 2.75) is 19.4 Å². The number of nitrogens with zero attached hydrogens (tertiary/aromatic N) is 3. The first kappa shape index (κ1) is 13.7. The van der Waals surface area contributed by atoms with E-state index in [4.69, 9.17) is 5.26 Å². The van der Waals surface area contributed by atoms with Crippen molar-refractivity contribution < 1.29 is 9.59 Å². The maximum atomic E-state index is 11.9. The normalized spacial score (nSPS) is 14.5. The van der Waals surface area contributed by atoms with Gasteiger partial charge in [0.15, 0.2) is 0 Å². The van der Waals surface area contributed by atoms with Gasteiger partial charge in [0, 0.05) is 26.4 Å². The van der Waals surface area contributed by atoms with Gasteiger partial charge in [0.1, 0.15) is 5.71 Å². The number of hydrogen-bond donors (Lipinski definition) is 1. The zero-order valence-corrected chi connectivity index (χ0v) is 11.1. The lowest BCUT2D eigenvalue weighted by atomic mass is 10.1. The quantitative estimate of drug-likeness (QED) is 0.880. The molecule has 2 rings (SSSR count). The van der Waals surface area contributed by atoms with E-state index in [0.717, 1.165) is 5.56 Å². The predicted octanol–water partition coefficient (Wildman–Crippen LogP) is 0.783. The largest absolute Gasteiger partial charge is 0.347 e. The fourth-order valence-corrected chi connectivity index (χ4v) is 1.87. The Labute approximate surface area is 116 Å². The monoisotopic (exact) mass is 270 g/mol. The summed E-state index contributed by atoms with van der Waals surface area (Å²) in [5, 5.41) is 16.7. The third-order valence-electron chi connectivity index (χ3n) is 2.98. The van der Waals surface area contributed by atoms with E-state index in [1.807, 2.05) is 12.1 Å². The van der Waals surface area contributed by atoms with E-state index in [0.29, 0.717) is 30.7 Å². The van der Waals surface area contributed by atoms with Gasteiger partial charge in [-0.15, -0.1) is 0 Å². The molecule has 1 N–H and O–H groups in total. The number of amides is 2. The fourth-order valence-electron chi connectivity index (χ4n) is 1.87. The van der Waals surface area contributed by atoms with E-state index in [1.165, 1.54) is 12.1 Å². The van der Waals surface area contributed by atoms with Crippen molar-refractivity contribution in [3.63, 3.8) is 0 Å². The molecule has 2 amide bonds. The SMILES string of the molecule is CN1N=C(C(=O)NCc2cccc(C#N)c2)CCC1=O. The third kappa shape index (κ3) is 3.20. The molecular weight excluding hydrogens is 256 g/mol. The summed E-state index contributed by atoms with van der Waals surface area (Å²) in [7, 11) is 1.53. The summed E-state index contributed by atoms with van der Waals surface area (Å²) < 4.78 is 0. The third-order valence-corrected chi connectivity index (χ3v) is 2.98. The lowest BCUT2D eigenvalue weighted by Gasteiger charge is -2.18. The maximum absolute atomic E-state index is 11.9. The van der Waals surface area contributed by atoms with Gasteiger partial charge in [0.2, 0.25) is 5.91 Å². The molecule has 1 heterocycles. The highest BCUT2D eigenvalue weighted by atomic mass is 16.2. The van der Waals surface area contributed by atoms with Crippen LogP contribution >= 0.6 is 0 Å². The Hall–Kier alpha value is -2.68. The van der Waals surface area contributed by atoms with Crippen molar-refractivity contribution in [1.29, 1.82) is 5.26 Å². The number of carbonyl (C=O) groups is 2. The van der Waals surface area contributed by atoms with Gasteiger partial charge < -0.3 is 5.32 Å². The van der Waals surface area contributed by atoms with Crippen LogP contribution in [0.3, 0.4) is 0 Å². The zero-order valence-electron chi connectivity index (χ0n) is 11.1. The van der Waals surface area contributed by atoms with Gasteiger partial charge in [-0.1, -0.05) is 12.1 Å². The Morgan fingerprint density at radius 3 is 3.00 bits per heavy atom. The van der Waals surface area contributed by atoms with Crippen LogP contribution in [0.25, 0.3) is 0 Å². The van der Waals surface area contributed by atoms with Gasteiger partial charge in [0.05, 0.1) is 11.6 Å². The summed E-state index contributed by atoms with van der Waals surface area (Å²) in [6.45, 7) is 0.324. The van der Waals surface area contributed by atoms with E-state index >= 15 is 0 Å². The molecule has 20 heavy (non-hydrogen) atoms. The van der Waals surface area contributed by atoms with Crippen molar-refractivity contribution in [3.05, 3.63) is 35.4 Å². The Morgan fingerprint density at radius 1 is 1.50 bits per heavy atom. The molecule has 0 spiro atoms. The molecule has 0 unspecified atom stereocenters. The number of benzene rings is 1. The second kappa shape index (κ2) is 5.97. The Bertz CT molecular complexity index is 616. The second-order valence-electron chi connectivity index (χ2n) is 4.46. The van der Waals surface area contributed by atoms with Crippen molar-refractivity contribution >= 4 is 17.5 Å². The van der Waals surface area contributed by atoms with Crippen molar-refractivity contribution in [1.82, 2.24) is 10.3 Å². The van der Waals surface area contributed by atoms with E-state index in [9.17, 15) is 9.59 Å². The number of rotatable bonds is 3. The maximum Gasteiger partial charge on any atom is 0.267 e. The molecule has 0 fully saturated rings. The molecule has 0 aliphatic carbocycles. The van der Waals surface area contributed by atoms with E-state index in [2.05, 4.69) is 10.4 Å². The molecule has 1 aromatic rings. The van der Waals surface area contributed by atoms with Crippen LogP contribution in [0, 0.1) is 11.3 Å². The molecule has 0 saturated heterocycles. The smallest absolute Gasteiger partial charge is 0.267 e. The lowest BCUT2D eigenvalue weighted by Crippen LogP contribution is -2.37. The zero-order chi connectivity index (χ0) is 14.5. The minimum absolute atomic E-state index is 0.0942. The summed E-state index contributed by atoms with van der Waals surface area (Å²) in [6, 6.07) is 9.08. The second-order valence-corrected chi connectivity index (χ2v) is 4.46. The molecule has 0 bridgehead atoms. The van der Waals surface area contributed by atoms with E-state index in [-0.39, 0.29) is 11.8 Å². The lowest BCUT2D eigenvalue weighted by molar-refractivity contribution is -0.130. The van der Waals surface area contributed by atoms with E-state index in [1.54, 1.807) is 18.2 Å². The fraction of sp³-hybridized carbons (Fsp3) is 0.286. The van der Waals surface area contributed by atoms with Crippen LogP contribution < -0.4 is 5.32 Å². The molecule has 6 nitrogen and oxygen atoms in total. The highest BCUT2D eigenvalue weighted by Gasteiger charge is 2.21. The minimum Gasteiger partial charge on any atom is -0.347 e. The predicted molar refractivity (Wildman–Crippen MR) is 72.4 cm³/mol. The molecule has 102 valence electrons. The van der Waals surface area contributed by atoms with Gasteiger partial charge in [-0.2, -0.15) is 10.4 Å². The van der Waals surface area contributed by atoms with Crippen LogP contribution in [-0.2, 0) is 16.1 Å². The number of nitriles is 1. The number of hydrogen-bond acceptors (Lipinski definition) is 4. The minimum atomic E-state index is -0.285. The Morgan fingerprint density at radius 2 is 2.30 bits per heavy atom. The van der Waals surface area contributed by atoms with Gasteiger partial charge in [-0.25, -0.2) is 5.01 Å². The van der Waals surface area contributed by atoms with Gasteiger partial charge >= 0.3 is 0 Å². The highest BCUT2D eigenvalue weighted by molar-refractivity contribution is 6.39. The van der Waals surface area contributed by atoms with Crippen LogP contribution in [0.1, 0.15) is 24.0 Å². The summed E-state index contributed by atoms with van der Waals surface area (Å²) in [6.07, 6.45) is 0.653. The molecule has 0 radical (unpaired) electrons. The molecule has 1 aliphatic heterocycles. The van der Waals surface area contributed by atoms with Gasteiger partial charge in [0.25, 0.3) is 5.91 Å². The highest BCUT2D eigenvalue weighted by Crippen LogP contribution is 2.08. The van der Waals surface area contributed by atoms with Gasteiger partial charge in [-0.05, 0) is 17.7 Å². The van der Waals surface area contributed by atoms with Crippen molar-refractivity contribution in [2.24, 2.45) is 5.10 Å². The number of nitrogens with one attached hydrogen (secondary N) is 1. The molecule has 6 heteroatoms. The summed E-state index contributed by atoms with van der Waals surface area (Å²) in [4.78, 5) is 23.2. The van der Waals surface area contributed by atoms with Crippen molar-refractivity contribution in [3.8, 4) is 6.07 Å². The Kier molecular flexibility index (Phi) is 4.11. The van der Waals surface area contributed by atoms with E-state index < -0.39 is 0 Å². The number of carbonyl (C=O) groups excluding carboxylic acids is 2. The molecule has 0 saturated carbocycles. The first-order valence-corrected chi connectivity index (χ1v) is 6.21. The molecular formula is C14H14N4O2. The van der Waals surface area contributed by atoms with Gasteiger partial charge in [-0.3, -0.25) is 9.59 Å². The van der Waals surface area contributed by atoms with Crippen LogP contribution in [-0.4, -0.2) is 29.6 Å². The van der Waals surface area contributed by atoms with Crippen LogP contribution in [0.5, 0.6) is 0 Å². The molecule has 1 aliphatic rings. The molecule has 0 aromatic heterocycles. The standard InChI is InChI=1S/C14H14N4O2/c1-18-13(19)6-5-12(17-18)14(20)16-9-11-4-2-3-10(7-11)8-15/h2-4,7H,5-6,9H2,1H3,(H,16,20). The summed E-state index contributed by atoms with van der Waals surface area (Å²) in [5.41, 5.74) is 1.75. The summed E-state index contributed by atoms with van der Waals surface area (Å²) in [5.74, 6) is -0.380. The molecule has 0 atom stereocenters.